The molecule has 1 aliphatic heterocycles. The van der Waals surface area contributed by atoms with E-state index in [0.29, 0.717) is 19.7 Å². The number of rotatable bonds is 4. The molecule has 0 radical (unpaired) electrons. The van der Waals surface area contributed by atoms with E-state index >= 15 is 0 Å². The van der Waals surface area contributed by atoms with Crippen molar-refractivity contribution in [1.82, 2.24) is 4.90 Å². The Morgan fingerprint density at radius 1 is 1.65 bits per heavy atom. The summed E-state index contributed by atoms with van der Waals surface area (Å²) in [5.41, 5.74) is 0. The molecule has 2 rings (SSSR count). The topological polar surface area (TPSA) is 59.8 Å². The highest BCUT2D eigenvalue weighted by molar-refractivity contribution is 5.86. The Morgan fingerprint density at radius 2 is 2.47 bits per heavy atom. The molecule has 17 heavy (non-hydrogen) atoms. The molecule has 5 heteroatoms. The van der Waals surface area contributed by atoms with Gasteiger partial charge in [-0.25, -0.2) is 0 Å². The van der Waals surface area contributed by atoms with Crippen LogP contribution < -0.4 is 0 Å². The van der Waals surface area contributed by atoms with Crippen molar-refractivity contribution in [3.8, 4) is 0 Å². The highest BCUT2D eigenvalue weighted by Crippen LogP contribution is 2.21. The van der Waals surface area contributed by atoms with E-state index in [0.717, 1.165) is 5.76 Å². The first kappa shape index (κ1) is 11.7. The van der Waals surface area contributed by atoms with Crippen LogP contribution in [0.4, 0.5) is 0 Å². The molecule has 0 saturated carbocycles. The van der Waals surface area contributed by atoms with E-state index in [1.54, 1.807) is 24.2 Å². The Hall–Kier alpha value is -1.78. The van der Waals surface area contributed by atoms with Crippen LogP contribution in [-0.2, 0) is 20.9 Å². The summed E-state index contributed by atoms with van der Waals surface area (Å²) in [5.74, 6) is 0.0718. The van der Waals surface area contributed by atoms with Gasteiger partial charge in [-0.3, -0.25) is 9.59 Å². The van der Waals surface area contributed by atoms with E-state index in [1.165, 1.54) is 0 Å². The summed E-state index contributed by atoms with van der Waals surface area (Å²) in [7, 11) is 0. The molecule has 1 amide bonds. The zero-order valence-electron chi connectivity index (χ0n) is 9.72. The lowest BCUT2D eigenvalue weighted by atomic mass is 10.1. The van der Waals surface area contributed by atoms with Gasteiger partial charge in [0.25, 0.3) is 0 Å². The van der Waals surface area contributed by atoms with Gasteiger partial charge in [0.1, 0.15) is 5.76 Å². The zero-order valence-corrected chi connectivity index (χ0v) is 9.72. The summed E-state index contributed by atoms with van der Waals surface area (Å²) in [6.45, 7) is 2.94. The molecular formula is C12H15NO4. The fourth-order valence-corrected chi connectivity index (χ4v) is 1.93. The first-order chi connectivity index (χ1) is 8.20. The molecule has 1 aromatic heterocycles. The monoisotopic (exact) mass is 237 g/mol. The Balaban J connectivity index is 1.93. The number of furan rings is 1. The van der Waals surface area contributed by atoms with Crippen molar-refractivity contribution < 1.29 is 18.7 Å². The summed E-state index contributed by atoms with van der Waals surface area (Å²) in [6, 6.07) is 3.59. The second-order valence-corrected chi connectivity index (χ2v) is 4.01. The lowest BCUT2D eigenvalue weighted by Gasteiger charge is -2.14. The highest BCUT2D eigenvalue weighted by Gasteiger charge is 2.35. The maximum Gasteiger partial charge on any atom is 0.311 e. The van der Waals surface area contributed by atoms with E-state index in [9.17, 15) is 9.59 Å². The first-order valence-corrected chi connectivity index (χ1v) is 5.67. The predicted octanol–water partition coefficient (Wildman–Crippen LogP) is 1.19. The fraction of sp³-hybridized carbons (Fsp3) is 0.500. The second kappa shape index (κ2) is 5.03. The van der Waals surface area contributed by atoms with Crippen molar-refractivity contribution in [2.45, 2.75) is 19.9 Å². The molecular weight excluding hydrogens is 222 g/mol. The molecule has 0 aromatic carbocycles. The van der Waals surface area contributed by atoms with Gasteiger partial charge < -0.3 is 14.1 Å². The third-order valence-electron chi connectivity index (χ3n) is 2.76. The number of hydrogen-bond acceptors (Lipinski definition) is 4. The van der Waals surface area contributed by atoms with E-state index in [2.05, 4.69) is 0 Å². The number of carbonyl (C=O) groups is 2. The molecule has 1 aromatic rings. The smallest absolute Gasteiger partial charge is 0.311 e. The minimum atomic E-state index is -0.336. The van der Waals surface area contributed by atoms with Gasteiger partial charge in [-0.05, 0) is 19.1 Å². The van der Waals surface area contributed by atoms with Crippen molar-refractivity contribution in [3.05, 3.63) is 24.2 Å². The van der Waals surface area contributed by atoms with Crippen LogP contribution >= 0.6 is 0 Å². The lowest BCUT2D eigenvalue weighted by molar-refractivity contribution is -0.147. The largest absolute Gasteiger partial charge is 0.467 e. The Kier molecular flexibility index (Phi) is 3.46. The van der Waals surface area contributed by atoms with Crippen LogP contribution in [0.1, 0.15) is 19.1 Å². The van der Waals surface area contributed by atoms with E-state index in [4.69, 9.17) is 9.15 Å². The number of amides is 1. The molecule has 0 N–H and O–H groups in total. The molecule has 1 fully saturated rings. The average Bonchev–Trinajstić information content (AvgIpc) is 2.91. The van der Waals surface area contributed by atoms with Gasteiger partial charge in [-0.1, -0.05) is 0 Å². The number of nitrogens with zero attached hydrogens (tertiary/aromatic N) is 1. The van der Waals surface area contributed by atoms with E-state index in [-0.39, 0.29) is 24.2 Å². The number of carbonyl (C=O) groups excluding carboxylic acids is 2. The minimum absolute atomic E-state index is 0.0283. The van der Waals surface area contributed by atoms with E-state index in [1.807, 2.05) is 6.07 Å². The number of ether oxygens (including phenoxy) is 1. The molecule has 1 aliphatic rings. The Bertz CT molecular complexity index is 399. The van der Waals surface area contributed by atoms with Gasteiger partial charge in [-0.15, -0.1) is 0 Å². The molecule has 0 bridgehead atoms. The summed E-state index contributed by atoms with van der Waals surface area (Å²) in [4.78, 5) is 24.8. The third-order valence-corrected chi connectivity index (χ3v) is 2.76. The molecule has 0 aliphatic carbocycles. The fourth-order valence-electron chi connectivity index (χ4n) is 1.93. The van der Waals surface area contributed by atoms with Crippen LogP contribution in [0.5, 0.6) is 0 Å². The van der Waals surface area contributed by atoms with Crippen molar-refractivity contribution in [2.24, 2.45) is 5.92 Å². The maximum atomic E-state index is 11.7. The van der Waals surface area contributed by atoms with Gasteiger partial charge in [0.05, 0.1) is 25.3 Å². The minimum Gasteiger partial charge on any atom is -0.467 e. The molecule has 1 saturated heterocycles. The lowest BCUT2D eigenvalue weighted by Crippen LogP contribution is -2.26. The highest BCUT2D eigenvalue weighted by atomic mass is 16.5. The zero-order chi connectivity index (χ0) is 12.3. The maximum absolute atomic E-state index is 11.7. The second-order valence-electron chi connectivity index (χ2n) is 4.01. The summed E-state index contributed by atoms with van der Waals surface area (Å²) in [5, 5.41) is 0. The summed E-state index contributed by atoms with van der Waals surface area (Å²) in [6.07, 6.45) is 1.80. The predicted molar refractivity (Wildman–Crippen MR) is 58.9 cm³/mol. The molecule has 1 atom stereocenters. The Morgan fingerprint density at radius 3 is 3.12 bits per heavy atom. The molecule has 0 unspecified atom stereocenters. The summed E-state index contributed by atoms with van der Waals surface area (Å²) < 4.78 is 10.1. The van der Waals surface area contributed by atoms with Crippen LogP contribution in [0.2, 0.25) is 0 Å². The van der Waals surface area contributed by atoms with Gasteiger partial charge in [-0.2, -0.15) is 0 Å². The van der Waals surface area contributed by atoms with Gasteiger partial charge in [0, 0.05) is 13.0 Å². The normalized spacial score (nSPS) is 19.7. The van der Waals surface area contributed by atoms with Crippen molar-refractivity contribution in [1.29, 1.82) is 0 Å². The third kappa shape index (κ3) is 2.67. The SMILES string of the molecule is CCOC(=O)[C@@H]1CC(=O)N(Cc2ccco2)C1. The average molecular weight is 237 g/mol. The Labute approximate surface area is 99.3 Å². The molecule has 2 heterocycles. The molecule has 5 nitrogen and oxygen atoms in total. The quantitative estimate of drug-likeness (QED) is 0.738. The van der Waals surface area contributed by atoms with Crippen LogP contribution in [0, 0.1) is 5.92 Å². The standard InChI is InChI=1S/C12H15NO4/c1-2-16-12(15)9-6-11(14)13(7-9)8-10-4-3-5-17-10/h3-5,9H,2,6-8H2,1H3/t9-/m1/s1. The number of esters is 1. The molecule has 0 spiro atoms. The number of likely N-dealkylation sites (tertiary alicyclic amines) is 1. The summed E-state index contributed by atoms with van der Waals surface area (Å²) >= 11 is 0. The van der Waals surface area contributed by atoms with Crippen molar-refractivity contribution >= 4 is 11.9 Å². The number of hydrogen-bond donors (Lipinski definition) is 0. The van der Waals surface area contributed by atoms with Crippen molar-refractivity contribution in [2.75, 3.05) is 13.2 Å². The van der Waals surface area contributed by atoms with Crippen LogP contribution in [0.3, 0.4) is 0 Å². The van der Waals surface area contributed by atoms with Crippen LogP contribution in [0.15, 0.2) is 22.8 Å². The van der Waals surface area contributed by atoms with Gasteiger partial charge >= 0.3 is 5.97 Å². The molecule has 92 valence electrons. The van der Waals surface area contributed by atoms with Crippen LogP contribution in [-0.4, -0.2) is 29.9 Å². The van der Waals surface area contributed by atoms with Crippen LogP contribution in [0.25, 0.3) is 0 Å². The van der Waals surface area contributed by atoms with E-state index < -0.39 is 0 Å². The van der Waals surface area contributed by atoms with Crippen molar-refractivity contribution in [3.63, 3.8) is 0 Å². The van der Waals surface area contributed by atoms with Gasteiger partial charge in [0.2, 0.25) is 5.91 Å². The van der Waals surface area contributed by atoms with Gasteiger partial charge in [0.15, 0.2) is 0 Å². The first-order valence-electron chi connectivity index (χ1n) is 5.67.